The van der Waals surface area contributed by atoms with Gasteiger partial charge in [0.2, 0.25) is 10.0 Å². The average Bonchev–Trinajstić information content (AvgIpc) is 2.71. The molecule has 0 saturated heterocycles. The standard InChI is InChI=1S/C22H29N3O8S/c1-13(2)24-34(30,31)12-18(26)19-14(3)23-15(4)20(22(27)33-10-9-32-5)21(19)16-7-6-8-17(11-16)25(28)29/h6-8,11,13,21,23-24H,9-10,12H2,1-5H3. The Balaban J connectivity index is 2.61. The molecule has 1 aliphatic rings. The van der Waals surface area contributed by atoms with Crippen LogP contribution in [0, 0.1) is 10.1 Å². The normalized spacial score (nSPS) is 16.5. The molecule has 0 amide bonds. The fourth-order valence-electron chi connectivity index (χ4n) is 3.73. The van der Waals surface area contributed by atoms with Crippen molar-refractivity contribution in [2.24, 2.45) is 0 Å². The van der Waals surface area contributed by atoms with Crippen molar-refractivity contribution < 1.29 is 32.4 Å². The molecule has 1 aromatic carbocycles. The maximum absolute atomic E-state index is 13.3. The highest BCUT2D eigenvalue weighted by atomic mass is 32.2. The molecule has 0 radical (unpaired) electrons. The minimum atomic E-state index is -3.97. The number of hydrogen-bond acceptors (Lipinski definition) is 9. The number of allylic oxidation sites excluding steroid dienone is 3. The van der Waals surface area contributed by atoms with E-state index in [0.29, 0.717) is 11.4 Å². The van der Waals surface area contributed by atoms with Gasteiger partial charge in [0, 0.05) is 48.2 Å². The zero-order valence-corrected chi connectivity index (χ0v) is 20.5. The lowest BCUT2D eigenvalue weighted by atomic mass is 9.79. The molecule has 1 unspecified atom stereocenters. The van der Waals surface area contributed by atoms with Crippen molar-refractivity contribution in [1.29, 1.82) is 0 Å². The van der Waals surface area contributed by atoms with Crippen LogP contribution in [-0.2, 0) is 29.1 Å². The van der Waals surface area contributed by atoms with Crippen molar-refractivity contribution in [2.45, 2.75) is 39.7 Å². The minimum Gasteiger partial charge on any atom is -0.460 e. The lowest BCUT2D eigenvalue weighted by Crippen LogP contribution is -2.38. The first-order valence-electron chi connectivity index (χ1n) is 10.5. The predicted octanol–water partition coefficient (Wildman–Crippen LogP) is 1.92. The molecular formula is C22H29N3O8S. The summed E-state index contributed by atoms with van der Waals surface area (Å²) in [6.45, 7) is 6.54. The van der Waals surface area contributed by atoms with Gasteiger partial charge in [-0.05, 0) is 33.3 Å². The quantitative estimate of drug-likeness (QED) is 0.203. The maximum Gasteiger partial charge on any atom is 0.336 e. The van der Waals surface area contributed by atoms with E-state index in [4.69, 9.17) is 9.47 Å². The van der Waals surface area contributed by atoms with Gasteiger partial charge in [0.15, 0.2) is 5.78 Å². The number of nitrogens with one attached hydrogen (secondary N) is 2. The van der Waals surface area contributed by atoms with Crippen molar-refractivity contribution in [3.05, 3.63) is 62.5 Å². The van der Waals surface area contributed by atoms with Crippen LogP contribution < -0.4 is 10.0 Å². The summed E-state index contributed by atoms with van der Waals surface area (Å²) >= 11 is 0. The predicted molar refractivity (Wildman–Crippen MR) is 124 cm³/mol. The van der Waals surface area contributed by atoms with Crippen LogP contribution in [0.5, 0.6) is 0 Å². The summed E-state index contributed by atoms with van der Waals surface area (Å²) in [5.41, 5.74) is 0.840. The number of hydrogen-bond donors (Lipinski definition) is 2. The third-order valence-electron chi connectivity index (χ3n) is 4.95. The number of ketones is 1. The number of sulfonamides is 1. The lowest BCUT2D eigenvalue weighted by molar-refractivity contribution is -0.384. The van der Waals surface area contributed by atoms with E-state index >= 15 is 0 Å². The van der Waals surface area contributed by atoms with Crippen LogP contribution >= 0.6 is 0 Å². The number of methoxy groups -OCH3 is 1. The molecule has 0 spiro atoms. The Morgan fingerprint density at radius 1 is 1.18 bits per heavy atom. The van der Waals surface area contributed by atoms with Gasteiger partial charge in [0.25, 0.3) is 5.69 Å². The number of nitro groups is 1. The Hall–Kier alpha value is -3.09. The molecule has 0 aliphatic carbocycles. The SMILES string of the molecule is COCCOC(=O)C1=C(C)NC(C)=C(C(=O)CS(=O)(=O)NC(C)C)C1c1cccc([N+](=O)[O-])c1. The first kappa shape index (κ1) is 27.2. The smallest absolute Gasteiger partial charge is 0.336 e. The minimum absolute atomic E-state index is 0.0129. The van der Waals surface area contributed by atoms with Crippen LogP contribution in [0.15, 0.2) is 46.8 Å². The van der Waals surface area contributed by atoms with Crippen molar-refractivity contribution >= 4 is 27.5 Å². The fourth-order valence-corrected chi connectivity index (χ4v) is 5.03. The molecule has 11 nitrogen and oxygen atoms in total. The Morgan fingerprint density at radius 2 is 1.82 bits per heavy atom. The Morgan fingerprint density at radius 3 is 2.41 bits per heavy atom. The fraction of sp³-hybridized carbons (Fsp3) is 0.455. The molecule has 1 atom stereocenters. The van der Waals surface area contributed by atoms with E-state index in [1.165, 1.54) is 25.3 Å². The Labute approximate surface area is 198 Å². The van der Waals surface area contributed by atoms with Crippen LogP contribution in [0.1, 0.15) is 39.2 Å². The van der Waals surface area contributed by atoms with Crippen LogP contribution in [0.2, 0.25) is 0 Å². The van der Waals surface area contributed by atoms with E-state index in [1.54, 1.807) is 33.8 Å². The molecule has 34 heavy (non-hydrogen) atoms. The van der Waals surface area contributed by atoms with Gasteiger partial charge in [-0.1, -0.05) is 12.1 Å². The van der Waals surface area contributed by atoms with Crippen molar-refractivity contribution in [3.8, 4) is 0 Å². The molecule has 2 N–H and O–H groups in total. The Bertz CT molecular complexity index is 1140. The van der Waals surface area contributed by atoms with E-state index in [2.05, 4.69) is 10.0 Å². The molecule has 0 saturated carbocycles. The molecule has 186 valence electrons. The number of rotatable bonds is 11. The molecule has 0 aromatic heterocycles. The van der Waals surface area contributed by atoms with Crippen molar-refractivity contribution in [1.82, 2.24) is 10.0 Å². The monoisotopic (exact) mass is 495 g/mol. The second kappa shape index (κ2) is 11.4. The van der Waals surface area contributed by atoms with Crippen LogP contribution in [0.25, 0.3) is 0 Å². The van der Waals surface area contributed by atoms with E-state index in [0.717, 1.165) is 0 Å². The van der Waals surface area contributed by atoms with Gasteiger partial charge in [0.05, 0.1) is 17.1 Å². The second-order valence-corrected chi connectivity index (χ2v) is 9.82. The van der Waals surface area contributed by atoms with E-state index in [-0.39, 0.29) is 35.6 Å². The maximum atomic E-state index is 13.3. The van der Waals surface area contributed by atoms with E-state index < -0.39 is 44.4 Å². The molecule has 1 aliphatic heterocycles. The van der Waals surface area contributed by atoms with Crippen molar-refractivity contribution in [3.63, 3.8) is 0 Å². The number of carbonyl (C=O) groups is 2. The first-order valence-corrected chi connectivity index (χ1v) is 12.1. The zero-order valence-electron chi connectivity index (χ0n) is 19.7. The van der Waals surface area contributed by atoms with Crippen molar-refractivity contribution in [2.75, 3.05) is 26.1 Å². The first-order chi connectivity index (χ1) is 15.9. The third kappa shape index (κ3) is 6.72. The molecule has 1 heterocycles. The van der Waals surface area contributed by atoms with Gasteiger partial charge >= 0.3 is 5.97 Å². The molecule has 0 fully saturated rings. The summed E-state index contributed by atoms with van der Waals surface area (Å²) in [6, 6.07) is 5.10. The van der Waals surface area contributed by atoms with Crippen LogP contribution in [0.3, 0.4) is 0 Å². The van der Waals surface area contributed by atoms with Crippen LogP contribution in [-0.4, -0.2) is 57.2 Å². The molecular weight excluding hydrogens is 466 g/mol. The van der Waals surface area contributed by atoms with Gasteiger partial charge in [-0.3, -0.25) is 14.9 Å². The third-order valence-corrected chi connectivity index (χ3v) is 6.42. The summed E-state index contributed by atoms with van der Waals surface area (Å²) in [5, 5.41) is 14.3. The zero-order chi connectivity index (χ0) is 25.6. The molecule has 1 aromatic rings. The number of ether oxygens (including phenoxy) is 2. The van der Waals surface area contributed by atoms with Gasteiger partial charge < -0.3 is 14.8 Å². The highest BCUT2D eigenvalue weighted by molar-refractivity contribution is 7.90. The van der Waals surface area contributed by atoms with E-state index in [1.807, 2.05) is 0 Å². The highest BCUT2D eigenvalue weighted by Gasteiger charge is 2.38. The van der Waals surface area contributed by atoms with E-state index in [9.17, 15) is 28.1 Å². The number of Topliss-reactive ketones (excluding diaryl/α,β-unsaturated/α-hetero) is 1. The summed E-state index contributed by atoms with van der Waals surface area (Å²) in [5.74, 6) is -3.42. The topological polar surface area (TPSA) is 154 Å². The van der Waals surface area contributed by atoms with Gasteiger partial charge in [-0.2, -0.15) is 0 Å². The molecule has 0 bridgehead atoms. The number of nitro benzene ring substituents is 1. The van der Waals surface area contributed by atoms with Gasteiger partial charge in [-0.15, -0.1) is 0 Å². The number of carbonyl (C=O) groups excluding carboxylic acids is 2. The van der Waals surface area contributed by atoms with Gasteiger partial charge in [-0.25, -0.2) is 17.9 Å². The highest BCUT2D eigenvalue weighted by Crippen LogP contribution is 2.40. The number of non-ortho nitro benzene ring substituents is 1. The number of benzene rings is 1. The summed E-state index contributed by atoms with van der Waals surface area (Å²) < 4.78 is 37.5. The molecule has 12 heteroatoms. The largest absolute Gasteiger partial charge is 0.460 e. The van der Waals surface area contributed by atoms with Gasteiger partial charge in [0.1, 0.15) is 12.4 Å². The number of esters is 1. The summed E-state index contributed by atoms with van der Waals surface area (Å²) in [7, 11) is -2.52. The lowest BCUT2D eigenvalue weighted by Gasteiger charge is -2.31. The Kier molecular flexibility index (Phi) is 9.07. The second-order valence-electron chi connectivity index (χ2n) is 8.07. The number of nitrogens with zero attached hydrogens (tertiary/aromatic N) is 1. The number of dihydropyridines is 1. The average molecular weight is 496 g/mol. The molecule has 2 rings (SSSR count). The summed E-state index contributed by atoms with van der Waals surface area (Å²) in [4.78, 5) is 37.1. The summed E-state index contributed by atoms with van der Waals surface area (Å²) in [6.07, 6.45) is 0. The van der Waals surface area contributed by atoms with Crippen LogP contribution in [0.4, 0.5) is 5.69 Å².